The zero-order chi connectivity index (χ0) is 20.9. The fourth-order valence-electron chi connectivity index (χ4n) is 3.38. The molecule has 0 saturated carbocycles. The molecule has 0 spiro atoms. The lowest BCUT2D eigenvalue weighted by molar-refractivity contribution is -0.117. The molecule has 0 aliphatic carbocycles. The number of carbonyl (C=O) groups is 2. The second-order valence-electron chi connectivity index (χ2n) is 7.10. The highest BCUT2D eigenvalue weighted by atomic mass is 32.2. The molecule has 1 aliphatic heterocycles. The molecule has 1 saturated heterocycles. The smallest absolute Gasteiger partial charge is 0.227 e. The van der Waals surface area contributed by atoms with Crippen molar-refractivity contribution in [2.75, 3.05) is 22.5 Å². The standard InChI is InChI=1S/C22H22N4O2S2/c1-15-7-5-6-10-18(15)26-14-16(13-20(26)28)21-24-25-22(30-21)23-19(27)11-12-29-17-8-3-2-4-9-17/h2-10,16H,11-14H2,1H3,(H,23,25,27)/t16-/m0/s1. The van der Waals surface area contributed by atoms with E-state index in [0.29, 0.717) is 30.3 Å². The lowest BCUT2D eigenvalue weighted by Crippen LogP contribution is -2.25. The summed E-state index contributed by atoms with van der Waals surface area (Å²) in [6.45, 7) is 2.59. The van der Waals surface area contributed by atoms with Gasteiger partial charge in [0.05, 0.1) is 0 Å². The van der Waals surface area contributed by atoms with E-state index in [9.17, 15) is 9.59 Å². The minimum absolute atomic E-state index is 0.00565. The molecule has 2 aromatic carbocycles. The molecular formula is C22H22N4O2S2. The van der Waals surface area contributed by atoms with Crippen LogP contribution in [-0.4, -0.2) is 34.3 Å². The van der Waals surface area contributed by atoms with Gasteiger partial charge in [0.25, 0.3) is 0 Å². The Labute approximate surface area is 183 Å². The normalized spacial score (nSPS) is 16.1. The average Bonchev–Trinajstić information content (AvgIpc) is 3.36. The van der Waals surface area contributed by atoms with Crippen molar-refractivity contribution in [3.8, 4) is 0 Å². The Morgan fingerprint density at radius 3 is 2.73 bits per heavy atom. The Kier molecular flexibility index (Phi) is 6.44. The number of benzene rings is 2. The summed E-state index contributed by atoms with van der Waals surface area (Å²) < 4.78 is 0. The van der Waals surface area contributed by atoms with Gasteiger partial charge in [-0.15, -0.1) is 22.0 Å². The highest BCUT2D eigenvalue weighted by Gasteiger charge is 2.34. The number of rotatable bonds is 7. The molecule has 0 bridgehead atoms. The first-order valence-corrected chi connectivity index (χ1v) is 11.6. The minimum atomic E-state index is -0.0785. The number of aromatic nitrogens is 2. The summed E-state index contributed by atoms with van der Waals surface area (Å²) in [6.07, 6.45) is 0.808. The fraction of sp³-hybridized carbons (Fsp3) is 0.273. The van der Waals surface area contributed by atoms with Crippen LogP contribution < -0.4 is 10.2 Å². The summed E-state index contributed by atoms with van der Waals surface area (Å²) in [5.74, 6) is 0.705. The van der Waals surface area contributed by atoms with Crippen molar-refractivity contribution in [3.63, 3.8) is 0 Å². The number of hydrogen-bond donors (Lipinski definition) is 1. The summed E-state index contributed by atoms with van der Waals surface area (Å²) in [5, 5.41) is 12.4. The van der Waals surface area contributed by atoms with E-state index in [2.05, 4.69) is 15.5 Å². The zero-order valence-electron chi connectivity index (χ0n) is 16.6. The van der Waals surface area contributed by atoms with Gasteiger partial charge in [-0.25, -0.2) is 0 Å². The summed E-state index contributed by atoms with van der Waals surface area (Å²) in [7, 11) is 0. The van der Waals surface area contributed by atoms with Crippen molar-refractivity contribution < 1.29 is 9.59 Å². The molecule has 8 heteroatoms. The van der Waals surface area contributed by atoms with E-state index in [1.165, 1.54) is 11.3 Å². The molecule has 1 atom stereocenters. The largest absolute Gasteiger partial charge is 0.311 e. The summed E-state index contributed by atoms with van der Waals surface area (Å²) in [6, 6.07) is 17.9. The van der Waals surface area contributed by atoms with Crippen LogP contribution in [0, 0.1) is 6.92 Å². The second-order valence-corrected chi connectivity index (χ2v) is 9.27. The van der Waals surface area contributed by atoms with E-state index < -0.39 is 0 Å². The number of nitrogens with zero attached hydrogens (tertiary/aromatic N) is 3. The number of carbonyl (C=O) groups excluding carboxylic acids is 2. The monoisotopic (exact) mass is 438 g/mol. The molecule has 1 fully saturated rings. The zero-order valence-corrected chi connectivity index (χ0v) is 18.2. The molecule has 2 heterocycles. The highest BCUT2D eigenvalue weighted by Crippen LogP contribution is 2.35. The maximum Gasteiger partial charge on any atom is 0.227 e. The number of anilines is 2. The Morgan fingerprint density at radius 1 is 1.17 bits per heavy atom. The van der Waals surface area contributed by atoms with Gasteiger partial charge < -0.3 is 10.2 Å². The van der Waals surface area contributed by atoms with Crippen LogP contribution in [0.1, 0.15) is 29.3 Å². The van der Waals surface area contributed by atoms with Crippen LogP contribution in [0.4, 0.5) is 10.8 Å². The summed E-state index contributed by atoms with van der Waals surface area (Å²) >= 11 is 3.00. The highest BCUT2D eigenvalue weighted by molar-refractivity contribution is 7.99. The maximum atomic E-state index is 12.5. The third-order valence-corrected chi connectivity index (χ3v) is 6.92. The Hall–Kier alpha value is -2.71. The second kappa shape index (κ2) is 9.40. The molecule has 6 nitrogen and oxygen atoms in total. The molecule has 2 amide bonds. The number of aryl methyl sites for hydroxylation is 1. The van der Waals surface area contributed by atoms with Crippen LogP contribution in [0.2, 0.25) is 0 Å². The molecule has 3 aromatic rings. The first-order valence-electron chi connectivity index (χ1n) is 9.77. The SMILES string of the molecule is Cc1ccccc1N1C[C@@H](c2nnc(NC(=O)CCSc3ccccc3)s2)CC1=O. The van der Waals surface area contributed by atoms with Gasteiger partial charge in [-0.3, -0.25) is 9.59 Å². The molecule has 1 aromatic heterocycles. The van der Waals surface area contributed by atoms with E-state index in [-0.39, 0.29) is 17.7 Å². The van der Waals surface area contributed by atoms with Gasteiger partial charge >= 0.3 is 0 Å². The Morgan fingerprint density at radius 2 is 1.93 bits per heavy atom. The first-order chi connectivity index (χ1) is 14.6. The van der Waals surface area contributed by atoms with Crippen LogP contribution in [0.25, 0.3) is 0 Å². The Balaban J connectivity index is 1.31. The van der Waals surface area contributed by atoms with Crippen LogP contribution >= 0.6 is 23.1 Å². The maximum absolute atomic E-state index is 12.5. The van der Waals surface area contributed by atoms with Crippen molar-refractivity contribution in [1.29, 1.82) is 0 Å². The molecule has 1 aliphatic rings. The van der Waals surface area contributed by atoms with Crippen molar-refractivity contribution in [2.24, 2.45) is 0 Å². The first kappa shape index (κ1) is 20.6. The number of thioether (sulfide) groups is 1. The van der Waals surface area contributed by atoms with Crippen LogP contribution in [0.5, 0.6) is 0 Å². The predicted molar refractivity (Wildman–Crippen MR) is 121 cm³/mol. The quantitative estimate of drug-likeness (QED) is 0.550. The van der Waals surface area contributed by atoms with Gasteiger partial charge in [-0.1, -0.05) is 47.7 Å². The van der Waals surface area contributed by atoms with Gasteiger partial charge in [0.2, 0.25) is 16.9 Å². The molecule has 30 heavy (non-hydrogen) atoms. The number of para-hydroxylation sites is 1. The van der Waals surface area contributed by atoms with Crippen molar-refractivity contribution in [3.05, 3.63) is 65.2 Å². The molecular weight excluding hydrogens is 416 g/mol. The van der Waals surface area contributed by atoms with Gasteiger partial charge in [0, 0.05) is 41.6 Å². The van der Waals surface area contributed by atoms with Crippen molar-refractivity contribution in [1.82, 2.24) is 10.2 Å². The fourth-order valence-corrected chi connectivity index (χ4v) is 5.11. The topological polar surface area (TPSA) is 75.2 Å². The van der Waals surface area contributed by atoms with Gasteiger partial charge in [0.15, 0.2) is 0 Å². The third kappa shape index (κ3) is 4.88. The lowest BCUT2D eigenvalue weighted by atomic mass is 10.1. The average molecular weight is 439 g/mol. The predicted octanol–water partition coefficient (Wildman–Crippen LogP) is 4.49. The molecule has 4 rings (SSSR count). The number of amides is 2. The minimum Gasteiger partial charge on any atom is -0.311 e. The molecule has 0 radical (unpaired) electrons. The van der Waals surface area contributed by atoms with Gasteiger partial charge in [0.1, 0.15) is 5.01 Å². The number of nitrogens with one attached hydrogen (secondary N) is 1. The van der Waals surface area contributed by atoms with E-state index in [4.69, 9.17) is 0 Å². The molecule has 1 N–H and O–H groups in total. The van der Waals surface area contributed by atoms with Crippen LogP contribution in [0.3, 0.4) is 0 Å². The number of hydrogen-bond acceptors (Lipinski definition) is 6. The molecule has 154 valence electrons. The van der Waals surface area contributed by atoms with E-state index in [1.54, 1.807) is 11.8 Å². The van der Waals surface area contributed by atoms with E-state index in [0.717, 1.165) is 21.2 Å². The summed E-state index contributed by atoms with van der Waals surface area (Å²) in [4.78, 5) is 27.7. The van der Waals surface area contributed by atoms with Crippen molar-refractivity contribution >= 4 is 45.7 Å². The van der Waals surface area contributed by atoms with Gasteiger partial charge in [-0.2, -0.15) is 0 Å². The molecule has 0 unspecified atom stereocenters. The van der Waals surface area contributed by atoms with E-state index >= 15 is 0 Å². The Bertz CT molecular complexity index is 1040. The van der Waals surface area contributed by atoms with E-state index in [1.807, 2.05) is 66.4 Å². The summed E-state index contributed by atoms with van der Waals surface area (Å²) in [5.41, 5.74) is 2.02. The third-order valence-electron chi connectivity index (χ3n) is 4.91. The van der Waals surface area contributed by atoms with Gasteiger partial charge in [-0.05, 0) is 30.7 Å². The van der Waals surface area contributed by atoms with Crippen LogP contribution in [-0.2, 0) is 9.59 Å². The van der Waals surface area contributed by atoms with Crippen LogP contribution in [0.15, 0.2) is 59.5 Å². The lowest BCUT2D eigenvalue weighted by Gasteiger charge is -2.18. The van der Waals surface area contributed by atoms with Crippen molar-refractivity contribution in [2.45, 2.75) is 30.6 Å².